The van der Waals surface area contributed by atoms with Crippen LogP contribution in [0.3, 0.4) is 0 Å². The number of nitrogens with zero attached hydrogens (tertiary/aromatic N) is 2. The zero-order chi connectivity index (χ0) is 12.5. The van der Waals surface area contributed by atoms with Gasteiger partial charge in [0.15, 0.2) is 5.82 Å². The van der Waals surface area contributed by atoms with Crippen molar-refractivity contribution in [2.75, 3.05) is 19.6 Å². The van der Waals surface area contributed by atoms with Crippen LogP contribution in [0.15, 0.2) is 18.5 Å². The van der Waals surface area contributed by atoms with Crippen molar-refractivity contribution in [2.24, 2.45) is 0 Å². The van der Waals surface area contributed by atoms with Gasteiger partial charge in [0, 0.05) is 25.8 Å². The lowest BCUT2D eigenvalue weighted by molar-refractivity contribution is 0.0472. The second-order valence-electron chi connectivity index (χ2n) is 4.80. The summed E-state index contributed by atoms with van der Waals surface area (Å²) >= 11 is 0. The van der Waals surface area contributed by atoms with Gasteiger partial charge in [-0.1, -0.05) is 0 Å². The Labute approximate surface area is 99.8 Å². The predicted molar refractivity (Wildman–Crippen MR) is 62.2 cm³/mol. The molecule has 1 aromatic heterocycles. The Hall–Kier alpha value is -1.49. The van der Waals surface area contributed by atoms with Crippen molar-refractivity contribution in [3.63, 3.8) is 0 Å². The fraction of sp³-hybridized carbons (Fsp3) is 0.500. The molecule has 0 spiro atoms. The van der Waals surface area contributed by atoms with Gasteiger partial charge >= 0.3 is 0 Å². The Morgan fingerprint density at radius 3 is 3.00 bits per heavy atom. The summed E-state index contributed by atoms with van der Waals surface area (Å²) in [6, 6.07) is 1.43. The molecule has 0 radical (unpaired) electrons. The van der Waals surface area contributed by atoms with Gasteiger partial charge in [-0.2, -0.15) is 0 Å². The van der Waals surface area contributed by atoms with Gasteiger partial charge in [0.25, 0.3) is 5.91 Å². The zero-order valence-electron chi connectivity index (χ0n) is 10.0. The lowest BCUT2D eigenvalue weighted by Gasteiger charge is -2.42. The summed E-state index contributed by atoms with van der Waals surface area (Å²) in [5, 5.41) is 3.23. The summed E-state index contributed by atoms with van der Waals surface area (Å²) in [4.78, 5) is 17.6. The van der Waals surface area contributed by atoms with Gasteiger partial charge in [-0.3, -0.25) is 9.78 Å². The molecule has 1 aliphatic heterocycles. The summed E-state index contributed by atoms with van der Waals surface area (Å²) in [6.45, 7) is 5.98. The van der Waals surface area contributed by atoms with E-state index >= 15 is 0 Å². The minimum atomic E-state index is -0.563. The van der Waals surface area contributed by atoms with Crippen molar-refractivity contribution >= 4 is 5.91 Å². The highest BCUT2D eigenvalue weighted by molar-refractivity contribution is 5.94. The van der Waals surface area contributed by atoms with Crippen molar-refractivity contribution in [2.45, 2.75) is 19.4 Å². The van der Waals surface area contributed by atoms with Gasteiger partial charge in [0.2, 0.25) is 0 Å². The van der Waals surface area contributed by atoms with Gasteiger partial charge in [-0.05, 0) is 19.9 Å². The number of rotatable bonds is 1. The Balaban J connectivity index is 2.28. The first-order valence-corrected chi connectivity index (χ1v) is 5.64. The Morgan fingerprint density at radius 1 is 1.59 bits per heavy atom. The summed E-state index contributed by atoms with van der Waals surface area (Å²) in [5.74, 6) is -0.830. The van der Waals surface area contributed by atoms with Crippen LogP contribution >= 0.6 is 0 Å². The van der Waals surface area contributed by atoms with Gasteiger partial charge in [-0.25, -0.2) is 4.39 Å². The van der Waals surface area contributed by atoms with E-state index in [4.69, 9.17) is 0 Å². The molecule has 1 amide bonds. The number of amides is 1. The maximum Gasteiger partial charge on any atom is 0.257 e. The monoisotopic (exact) mass is 237 g/mol. The number of carbonyl (C=O) groups is 1. The number of hydrogen-bond donors (Lipinski definition) is 1. The molecule has 1 aromatic rings. The largest absolute Gasteiger partial charge is 0.331 e. The van der Waals surface area contributed by atoms with E-state index in [0.29, 0.717) is 13.1 Å². The van der Waals surface area contributed by atoms with Crippen LogP contribution in [0, 0.1) is 5.82 Å². The van der Waals surface area contributed by atoms with Crippen LogP contribution in [0.1, 0.15) is 24.2 Å². The highest BCUT2D eigenvalue weighted by Gasteiger charge is 2.34. The van der Waals surface area contributed by atoms with E-state index in [2.05, 4.69) is 10.3 Å². The molecule has 2 heterocycles. The molecule has 4 nitrogen and oxygen atoms in total. The highest BCUT2D eigenvalue weighted by Crippen LogP contribution is 2.20. The molecule has 17 heavy (non-hydrogen) atoms. The van der Waals surface area contributed by atoms with E-state index in [0.717, 1.165) is 12.7 Å². The molecule has 5 heteroatoms. The van der Waals surface area contributed by atoms with Gasteiger partial charge in [0.05, 0.1) is 17.3 Å². The fourth-order valence-corrected chi connectivity index (χ4v) is 2.05. The Morgan fingerprint density at radius 2 is 2.35 bits per heavy atom. The van der Waals surface area contributed by atoms with Crippen molar-refractivity contribution in [3.8, 4) is 0 Å². The first-order chi connectivity index (χ1) is 8.02. The third kappa shape index (κ3) is 2.29. The van der Waals surface area contributed by atoms with E-state index in [9.17, 15) is 9.18 Å². The lowest BCUT2D eigenvalue weighted by Crippen LogP contribution is -2.59. The molecule has 1 fully saturated rings. The number of carbonyl (C=O) groups excluding carboxylic acids is 1. The van der Waals surface area contributed by atoms with E-state index in [1.807, 2.05) is 13.8 Å². The number of aromatic nitrogens is 1. The zero-order valence-corrected chi connectivity index (χ0v) is 10.0. The normalized spacial score (nSPS) is 19.1. The quantitative estimate of drug-likeness (QED) is 0.794. The minimum absolute atomic E-state index is 0.0926. The smallest absolute Gasteiger partial charge is 0.257 e. The first-order valence-electron chi connectivity index (χ1n) is 5.64. The molecule has 1 saturated heterocycles. The standard InChI is InChI=1S/C12H16FN3O/c1-12(2)8-15-5-6-16(12)11(17)9-3-4-14-7-10(9)13/h3-4,7,15H,5-6,8H2,1-2H3. The maximum absolute atomic E-state index is 13.5. The topological polar surface area (TPSA) is 45.2 Å². The Bertz CT molecular complexity index is 434. The molecule has 0 unspecified atom stereocenters. The van der Waals surface area contributed by atoms with Crippen molar-refractivity contribution in [1.29, 1.82) is 0 Å². The van der Waals surface area contributed by atoms with Crippen molar-refractivity contribution in [1.82, 2.24) is 15.2 Å². The van der Waals surface area contributed by atoms with Crippen LogP contribution in [0.2, 0.25) is 0 Å². The summed E-state index contributed by atoms with van der Waals surface area (Å²) < 4.78 is 13.5. The van der Waals surface area contributed by atoms with Crippen LogP contribution in [-0.2, 0) is 0 Å². The van der Waals surface area contributed by atoms with Crippen LogP contribution in [0.5, 0.6) is 0 Å². The highest BCUT2D eigenvalue weighted by atomic mass is 19.1. The fourth-order valence-electron chi connectivity index (χ4n) is 2.05. The Kier molecular flexibility index (Phi) is 3.11. The van der Waals surface area contributed by atoms with E-state index in [1.165, 1.54) is 12.3 Å². The van der Waals surface area contributed by atoms with E-state index < -0.39 is 5.82 Å². The van der Waals surface area contributed by atoms with Crippen LogP contribution in [0.4, 0.5) is 4.39 Å². The average molecular weight is 237 g/mol. The van der Waals surface area contributed by atoms with E-state index in [1.54, 1.807) is 4.90 Å². The number of piperazine rings is 1. The molecule has 0 aromatic carbocycles. The molecule has 1 N–H and O–H groups in total. The second kappa shape index (κ2) is 4.41. The SMILES string of the molecule is CC1(C)CNCCN1C(=O)c1ccncc1F. The van der Waals surface area contributed by atoms with Gasteiger partial charge in [-0.15, -0.1) is 0 Å². The molecule has 0 bridgehead atoms. The van der Waals surface area contributed by atoms with Gasteiger partial charge in [0.1, 0.15) is 0 Å². The molecule has 0 aliphatic carbocycles. The van der Waals surface area contributed by atoms with Crippen LogP contribution in [-0.4, -0.2) is 41.0 Å². The lowest BCUT2D eigenvalue weighted by atomic mass is 9.99. The summed E-state index contributed by atoms with van der Waals surface area (Å²) in [7, 11) is 0. The molecule has 2 rings (SSSR count). The van der Waals surface area contributed by atoms with Crippen molar-refractivity contribution < 1.29 is 9.18 Å². The average Bonchev–Trinajstić information content (AvgIpc) is 2.28. The summed E-state index contributed by atoms with van der Waals surface area (Å²) in [5.41, 5.74) is -0.208. The molecule has 1 aliphatic rings. The van der Waals surface area contributed by atoms with Gasteiger partial charge < -0.3 is 10.2 Å². The summed E-state index contributed by atoms with van der Waals surface area (Å²) in [6.07, 6.45) is 2.51. The molecular formula is C12H16FN3O. The minimum Gasteiger partial charge on any atom is -0.331 e. The van der Waals surface area contributed by atoms with Crippen molar-refractivity contribution in [3.05, 3.63) is 29.8 Å². The van der Waals surface area contributed by atoms with Crippen LogP contribution in [0.25, 0.3) is 0 Å². The second-order valence-corrected chi connectivity index (χ2v) is 4.80. The third-order valence-electron chi connectivity index (χ3n) is 3.05. The number of hydrogen-bond acceptors (Lipinski definition) is 3. The maximum atomic E-state index is 13.5. The molecular weight excluding hydrogens is 221 g/mol. The molecule has 0 atom stereocenters. The number of halogens is 1. The number of nitrogens with one attached hydrogen (secondary N) is 1. The molecule has 92 valence electrons. The predicted octanol–water partition coefficient (Wildman–Crippen LogP) is 1.04. The van der Waals surface area contributed by atoms with E-state index in [-0.39, 0.29) is 17.0 Å². The third-order valence-corrected chi connectivity index (χ3v) is 3.05. The molecule has 0 saturated carbocycles. The first kappa shape index (κ1) is 12.0. The van der Waals surface area contributed by atoms with Crippen LogP contribution < -0.4 is 5.32 Å². The number of pyridine rings is 1.